The smallest absolute Gasteiger partial charge is 0.477 e. The standard InChI is InChI=1S/C23H19Cl2F3N2O2/c1-29-22(21-19(24)13-30-14-20(21)25)31-12-11-15-5-7-17(8-6-15)16-3-2-4-18(10-9-16)32-23(26,27)28/h2,4-10,13-14H,3,11-12H2,1H3. The second-order valence-corrected chi connectivity index (χ2v) is 7.53. The zero-order valence-electron chi connectivity index (χ0n) is 17.0. The number of pyridine rings is 1. The van der Waals surface area contributed by atoms with Gasteiger partial charge in [0.25, 0.3) is 0 Å². The Kier molecular flexibility index (Phi) is 7.99. The maximum atomic E-state index is 12.4. The van der Waals surface area contributed by atoms with Gasteiger partial charge in [-0.2, -0.15) is 0 Å². The molecule has 0 N–H and O–H groups in total. The molecule has 1 aliphatic rings. The molecule has 3 rings (SSSR count). The van der Waals surface area contributed by atoms with E-state index in [1.807, 2.05) is 24.3 Å². The van der Waals surface area contributed by atoms with Crippen LogP contribution in [0.15, 0.2) is 71.7 Å². The van der Waals surface area contributed by atoms with Crippen molar-refractivity contribution in [3.05, 3.63) is 93.5 Å². The first-order valence-electron chi connectivity index (χ1n) is 9.58. The summed E-state index contributed by atoms with van der Waals surface area (Å²) in [6.07, 6.45) is 5.24. The van der Waals surface area contributed by atoms with Gasteiger partial charge in [0.1, 0.15) is 5.76 Å². The van der Waals surface area contributed by atoms with Gasteiger partial charge in [-0.05, 0) is 35.3 Å². The van der Waals surface area contributed by atoms with Crippen molar-refractivity contribution in [3.8, 4) is 0 Å². The summed E-state index contributed by atoms with van der Waals surface area (Å²) in [6.45, 7) is 0.354. The Bertz CT molecular complexity index is 1060. The van der Waals surface area contributed by atoms with Crippen molar-refractivity contribution in [3.63, 3.8) is 0 Å². The highest BCUT2D eigenvalue weighted by Gasteiger charge is 2.31. The molecule has 9 heteroatoms. The molecule has 32 heavy (non-hydrogen) atoms. The van der Waals surface area contributed by atoms with Gasteiger partial charge in [0.05, 0.1) is 22.2 Å². The summed E-state index contributed by atoms with van der Waals surface area (Å²) in [4.78, 5) is 8.04. The fraction of sp³-hybridized carbons (Fsp3) is 0.217. The van der Waals surface area contributed by atoms with Crippen LogP contribution in [-0.4, -0.2) is 30.9 Å². The number of allylic oxidation sites excluding steroid dienone is 5. The predicted molar refractivity (Wildman–Crippen MR) is 120 cm³/mol. The minimum absolute atomic E-state index is 0.246. The lowest BCUT2D eigenvalue weighted by atomic mass is 10.0. The molecule has 1 heterocycles. The lowest BCUT2D eigenvalue weighted by Gasteiger charge is -2.12. The van der Waals surface area contributed by atoms with E-state index in [1.54, 1.807) is 19.2 Å². The summed E-state index contributed by atoms with van der Waals surface area (Å²) >= 11 is 12.3. The normalized spacial score (nSPS) is 14.5. The van der Waals surface area contributed by atoms with E-state index in [2.05, 4.69) is 14.7 Å². The molecule has 0 fully saturated rings. The Morgan fingerprint density at radius 3 is 2.41 bits per heavy atom. The number of ether oxygens (including phenoxy) is 2. The number of halogens is 5. The molecule has 0 aliphatic heterocycles. The van der Waals surface area contributed by atoms with Crippen LogP contribution < -0.4 is 0 Å². The van der Waals surface area contributed by atoms with Crippen LogP contribution in [0.1, 0.15) is 23.1 Å². The molecule has 0 bridgehead atoms. The Balaban J connectivity index is 1.61. The van der Waals surface area contributed by atoms with Gasteiger partial charge >= 0.3 is 6.36 Å². The third kappa shape index (κ3) is 6.61. The topological polar surface area (TPSA) is 43.7 Å². The first-order chi connectivity index (χ1) is 15.3. The van der Waals surface area contributed by atoms with E-state index < -0.39 is 6.36 Å². The van der Waals surface area contributed by atoms with Gasteiger partial charge in [0.15, 0.2) is 0 Å². The maximum Gasteiger partial charge on any atom is 0.573 e. The molecule has 1 aliphatic carbocycles. The number of aromatic nitrogens is 1. The number of hydrogen-bond acceptors (Lipinski definition) is 4. The van der Waals surface area contributed by atoms with E-state index in [0.717, 1.165) is 16.7 Å². The SMILES string of the molecule is CN=C(OCCc1ccc(C2=CC=C(OC(F)(F)F)C=CC2)cc1)c1c(Cl)cncc1Cl. The van der Waals surface area contributed by atoms with E-state index in [9.17, 15) is 13.2 Å². The van der Waals surface area contributed by atoms with E-state index in [1.165, 1.54) is 24.5 Å². The molecule has 1 aromatic heterocycles. The number of benzene rings is 1. The number of alkyl halides is 3. The fourth-order valence-electron chi connectivity index (χ4n) is 3.04. The van der Waals surface area contributed by atoms with E-state index >= 15 is 0 Å². The summed E-state index contributed by atoms with van der Waals surface area (Å²) in [6, 6.07) is 7.73. The minimum atomic E-state index is -4.71. The zero-order valence-corrected chi connectivity index (χ0v) is 18.5. The van der Waals surface area contributed by atoms with Crippen LogP contribution in [0.3, 0.4) is 0 Å². The third-order valence-electron chi connectivity index (χ3n) is 4.53. The van der Waals surface area contributed by atoms with Gasteiger partial charge in [-0.3, -0.25) is 9.98 Å². The van der Waals surface area contributed by atoms with Crippen molar-refractivity contribution in [2.75, 3.05) is 13.7 Å². The molecule has 0 amide bonds. The molecule has 2 aromatic rings. The molecule has 0 spiro atoms. The molecule has 4 nitrogen and oxygen atoms in total. The van der Waals surface area contributed by atoms with Crippen molar-refractivity contribution in [1.82, 2.24) is 4.98 Å². The van der Waals surface area contributed by atoms with Crippen LogP contribution in [0.4, 0.5) is 13.2 Å². The van der Waals surface area contributed by atoms with Gasteiger partial charge in [0, 0.05) is 25.9 Å². The zero-order chi connectivity index (χ0) is 23.1. The largest absolute Gasteiger partial charge is 0.573 e. The van der Waals surface area contributed by atoms with Gasteiger partial charge in [0.2, 0.25) is 5.90 Å². The molecular weight excluding hydrogens is 464 g/mol. The summed E-state index contributed by atoms with van der Waals surface area (Å²) < 4.78 is 46.9. The summed E-state index contributed by atoms with van der Waals surface area (Å²) in [5, 5.41) is 0.706. The van der Waals surface area contributed by atoms with Gasteiger partial charge in [-0.25, -0.2) is 0 Å². The second-order valence-electron chi connectivity index (χ2n) is 6.72. The molecule has 0 saturated carbocycles. The Morgan fingerprint density at radius 1 is 1.09 bits per heavy atom. The van der Waals surface area contributed by atoms with Crippen molar-refractivity contribution in [2.45, 2.75) is 19.2 Å². The first kappa shape index (κ1) is 23.9. The van der Waals surface area contributed by atoms with Crippen molar-refractivity contribution < 1.29 is 22.6 Å². The highest BCUT2D eigenvalue weighted by atomic mass is 35.5. The lowest BCUT2D eigenvalue weighted by molar-refractivity contribution is -0.303. The predicted octanol–water partition coefficient (Wildman–Crippen LogP) is 6.79. The minimum Gasteiger partial charge on any atom is -0.477 e. The van der Waals surface area contributed by atoms with Gasteiger partial charge in [-0.15, -0.1) is 13.2 Å². The number of aliphatic imine (C=N–C) groups is 1. The molecule has 1 aromatic carbocycles. The molecule has 0 atom stereocenters. The van der Waals surface area contributed by atoms with Gasteiger partial charge < -0.3 is 9.47 Å². The maximum absolute atomic E-state index is 12.4. The number of hydrogen-bond donors (Lipinski definition) is 0. The van der Waals surface area contributed by atoms with Crippen molar-refractivity contribution in [2.24, 2.45) is 4.99 Å². The highest BCUT2D eigenvalue weighted by molar-refractivity contribution is 6.39. The quantitative estimate of drug-likeness (QED) is 0.336. The van der Waals surface area contributed by atoms with E-state index in [4.69, 9.17) is 27.9 Å². The summed E-state index contributed by atoms with van der Waals surface area (Å²) in [5.74, 6) is 0.0853. The monoisotopic (exact) mass is 482 g/mol. The van der Waals surface area contributed by atoms with Crippen LogP contribution in [0.2, 0.25) is 10.0 Å². The van der Waals surface area contributed by atoms with Crippen LogP contribution >= 0.6 is 23.2 Å². The average Bonchev–Trinajstić information content (AvgIpc) is 2.97. The Morgan fingerprint density at radius 2 is 1.78 bits per heavy atom. The first-order valence-corrected chi connectivity index (χ1v) is 10.3. The highest BCUT2D eigenvalue weighted by Crippen LogP contribution is 2.27. The van der Waals surface area contributed by atoms with Gasteiger partial charge in [-0.1, -0.05) is 59.6 Å². The molecule has 0 radical (unpaired) electrons. The third-order valence-corrected chi connectivity index (χ3v) is 5.10. The van der Waals surface area contributed by atoms with Crippen LogP contribution in [0, 0.1) is 0 Å². The molecule has 168 valence electrons. The average molecular weight is 483 g/mol. The molecule has 0 unspecified atom stereocenters. The van der Waals surface area contributed by atoms with E-state index in [0.29, 0.717) is 41.0 Å². The van der Waals surface area contributed by atoms with Crippen molar-refractivity contribution >= 4 is 34.7 Å². The van der Waals surface area contributed by atoms with Crippen molar-refractivity contribution in [1.29, 1.82) is 0 Å². The number of nitrogens with zero attached hydrogens (tertiary/aromatic N) is 2. The fourth-order valence-corrected chi connectivity index (χ4v) is 3.57. The van der Waals surface area contributed by atoms with E-state index in [-0.39, 0.29) is 5.76 Å². The Labute approximate surface area is 193 Å². The van der Waals surface area contributed by atoms with Crippen LogP contribution in [0.25, 0.3) is 5.57 Å². The number of rotatable bonds is 6. The summed E-state index contributed by atoms with van der Waals surface area (Å²) in [5.41, 5.74) is 3.32. The summed E-state index contributed by atoms with van der Waals surface area (Å²) in [7, 11) is 1.59. The molecule has 0 saturated heterocycles. The Hall–Kier alpha value is -2.77. The van der Waals surface area contributed by atoms with Crippen LogP contribution in [-0.2, 0) is 15.9 Å². The van der Waals surface area contributed by atoms with Crippen LogP contribution in [0.5, 0.6) is 0 Å². The lowest BCUT2D eigenvalue weighted by Crippen LogP contribution is -2.11. The molecular formula is C23H19Cl2F3N2O2. The second kappa shape index (κ2) is 10.7.